The van der Waals surface area contributed by atoms with Gasteiger partial charge in [-0.1, -0.05) is 33.6 Å². The van der Waals surface area contributed by atoms with Crippen molar-refractivity contribution in [2.24, 2.45) is 11.7 Å². The maximum absolute atomic E-state index is 11.6. The van der Waals surface area contributed by atoms with Gasteiger partial charge in [-0.3, -0.25) is 4.79 Å². The van der Waals surface area contributed by atoms with Crippen LogP contribution in [0.25, 0.3) is 0 Å². The minimum atomic E-state index is 0.160. The van der Waals surface area contributed by atoms with Crippen LogP contribution in [0.15, 0.2) is 0 Å². The molecule has 3 heteroatoms. The fourth-order valence-corrected chi connectivity index (χ4v) is 1.67. The van der Waals surface area contributed by atoms with E-state index in [1.807, 2.05) is 0 Å². The summed E-state index contributed by atoms with van der Waals surface area (Å²) in [5.41, 5.74) is 5.57. The van der Waals surface area contributed by atoms with Gasteiger partial charge in [-0.25, -0.2) is 0 Å². The zero-order valence-electron chi connectivity index (χ0n) is 10.4. The van der Waals surface area contributed by atoms with Gasteiger partial charge < -0.3 is 11.1 Å². The molecule has 0 saturated heterocycles. The second kappa shape index (κ2) is 8.72. The normalized spacial score (nSPS) is 14.7. The highest BCUT2D eigenvalue weighted by molar-refractivity contribution is 5.76. The van der Waals surface area contributed by atoms with E-state index in [1.54, 1.807) is 0 Å². The molecule has 0 aromatic heterocycles. The number of nitrogens with two attached hydrogens (primary N) is 1. The number of nitrogens with one attached hydrogen (secondary N) is 1. The minimum Gasteiger partial charge on any atom is -0.353 e. The second-order valence-corrected chi connectivity index (χ2v) is 4.18. The number of carbonyl (C=O) groups excluding carboxylic acids is 1. The van der Waals surface area contributed by atoms with Gasteiger partial charge in [0, 0.05) is 12.5 Å². The van der Waals surface area contributed by atoms with Gasteiger partial charge in [0.1, 0.15) is 0 Å². The van der Waals surface area contributed by atoms with Crippen LogP contribution >= 0.6 is 0 Å². The molecule has 0 aliphatic rings. The van der Waals surface area contributed by atoms with Crippen LogP contribution in [0.4, 0.5) is 0 Å². The van der Waals surface area contributed by atoms with Crippen molar-refractivity contribution in [1.29, 1.82) is 0 Å². The molecule has 0 spiro atoms. The van der Waals surface area contributed by atoms with Crippen molar-refractivity contribution < 1.29 is 4.79 Å². The molecule has 0 aliphatic carbocycles. The van der Waals surface area contributed by atoms with Gasteiger partial charge in [0.15, 0.2) is 0 Å². The summed E-state index contributed by atoms with van der Waals surface area (Å²) in [7, 11) is 0. The van der Waals surface area contributed by atoms with Crippen molar-refractivity contribution in [2.75, 3.05) is 6.54 Å². The fourth-order valence-electron chi connectivity index (χ4n) is 1.67. The summed E-state index contributed by atoms with van der Waals surface area (Å²) in [5, 5.41) is 3.07. The van der Waals surface area contributed by atoms with E-state index in [9.17, 15) is 4.79 Å². The Hall–Kier alpha value is -0.570. The summed E-state index contributed by atoms with van der Waals surface area (Å²) in [6.07, 6.45) is 4.76. The smallest absolute Gasteiger partial charge is 0.220 e. The first-order chi connectivity index (χ1) is 7.17. The summed E-state index contributed by atoms with van der Waals surface area (Å²) < 4.78 is 0. The lowest BCUT2D eigenvalue weighted by atomic mass is 10.0. The Bertz CT molecular complexity index is 167. The zero-order chi connectivity index (χ0) is 11.7. The largest absolute Gasteiger partial charge is 0.353 e. The standard InChI is InChI=1S/C12H26N2O/c1-4-7-11(6-3)14-12(15)8-10(5-2)9-13/h10-11H,4-9,13H2,1-3H3,(H,14,15). The molecule has 0 heterocycles. The van der Waals surface area contributed by atoms with Gasteiger partial charge >= 0.3 is 0 Å². The Morgan fingerprint density at radius 1 is 1.27 bits per heavy atom. The number of hydrogen-bond acceptors (Lipinski definition) is 2. The van der Waals surface area contributed by atoms with E-state index in [4.69, 9.17) is 5.73 Å². The number of amides is 1. The molecule has 0 aromatic carbocycles. The van der Waals surface area contributed by atoms with E-state index in [-0.39, 0.29) is 5.91 Å². The molecule has 3 N–H and O–H groups in total. The van der Waals surface area contributed by atoms with E-state index >= 15 is 0 Å². The Morgan fingerprint density at radius 2 is 1.93 bits per heavy atom. The summed E-state index contributed by atoms with van der Waals surface area (Å²) in [6, 6.07) is 0.345. The van der Waals surface area contributed by atoms with Crippen LogP contribution in [0.5, 0.6) is 0 Å². The Morgan fingerprint density at radius 3 is 2.33 bits per heavy atom. The van der Waals surface area contributed by atoms with Gasteiger partial charge in [-0.15, -0.1) is 0 Å². The summed E-state index contributed by atoms with van der Waals surface area (Å²) in [6.45, 7) is 6.94. The molecule has 2 atom stereocenters. The first-order valence-corrected chi connectivity index (χ1v) is 6.17. The van der Waals surface area contributed by atoms with E-state index in [0.29, 0.717) is 24.9 Å². The zero-order valence-corrected chi connectivity index (χ0v) is 10.4. The Labute approximate surface area is 93.8 Å². The van der Waals surface area contributed by atoms with Crippen LogP contribution in [-0.2, 0) is 4.79 Å². The molecule has 90 valence electrons. The number of rotatable bonds is 8. The van der Waals surface area contributed by atoms with Crippen LogP contribution in [0.1, 0.15) is 52.9 Å². The van der Waals surface area contributed by atoms with Gasteiger partial charge in [0.2, 0.25) is 5.91 Å². The molecule has 1 amide bonds. The molecular weight excluding hydrogens is 188 g/mol. The van der Waals surface area contributed by atoms with Crippen molar-refractivity contribution in [1.82, 2.24) is 5.32 Å². The minimum absolute atomic E-state index is 0.160. The van der Waals surface area contributed by atoms with E-state index < -0.39 is 0 Å². The topological polar surface area (TPSA) is 55.1 Å². The molecule has 2 unspecified atom stereocenters. The highest BCUT2D eigenvalue weighted by atomic mass is 16.1. The van der Waals surface area contributed by atoms with Gasteiger partial charge in [-0.2, -0.15) is 0 Å². The Kier molecular flexibility index (Phi) is 8.38. The summed E-state index contributed by atoms with van der Waals surface area (Å²) in [5.74, 6) is 0.497. The molecule has 0 fully saturated rings. The molecule has 0 saturated carbocycles. The molecule has 15 heavy (non-hydrogen) atoms. The van der Waals surface area contributed by atoms with Crippen molar-refractivity contribution in [2.45, 2.75) is 58.9 Å². The predicted octanol–water partition coefficient (Wildman–Crippen LogP) is 2.06. The van der Waals surface area contributed by atoms with E-state index in [1.165, 1.54) is 0 Å². The first-order valence-electron chi connectivity index (χ1n) is 6.17. The first kappa shape index (κ1) is 14.4. The lowest BCUT2D eigenvalue weighted by Gasteiger charge is -2.18. The third-order valence-electron chi connectivity index (χ3n) is 2.88. The molecule has 0 bridgehead atoms. The monoisotopic (exact) mass is 214 g/mol. The average Bonchev–Trinajstić information content (AvgIpc) is 2.25. The van der Waals surface area contributed by atoms with Crippen LogP contribution in [0, 0.1) is 5.92 Å². The number of hydrogen-bond donors (Lipinski definition) is 2. The quantitative estimate of drug-likeness (QED) is 0.650. The van der Waals surface area contributed by atoms with E-state index in [2.05, 4.69) is 26.1 Å². The lowest BCUT2D eigenvalue weighted by Crippen LogP contribution is -2.36. The van der Waals surface area contributed by atoms with Crippen LogP contribution in [0.3, 0.4) is 0 Å². The lowest BCUT2D eigenvalue weighted by molar-refractivity contribution is -0.122. The maximum atomic E-state index is 11.6. The fraction of sp³-hybridized carbons (Fsp3) is 0.917. The maximum Gasteiger partial charge on any atom is 0.220 e. The van der Waals surface area contributed by atoms with Crippen LogP contribution in [-0.4, -0.2) is 18.5 Å². The van der Waals surface area contributed by atoms with Crippen LogP contribution in [0.2, 0.25) is 0 Å². The van der Waals surface area contributed by atoms with Crippen LogP contribution < -0.4 is 11.1 Å². The van der Waals surface area contributed by atoms with Crippen molar-refractivity contribution in [3.63, 3.8) is 0 Å². The van der Waals surface area contributed by atoms with Gasteiger partial charge in [0.25, 0.3) is 0 Å². The highest BCUT2D eigenvalue weighted by Crippen LogP contribution is 2.07. The molecular formula is C12H26N2O. The molecule has 3 nitrogen and oxygen atoms in total. The molecule has 0 aliphatic heterocycles. The SMILES string of the molecule is CCCC(CC)NC(=O)CC(CC)CN. The van der Waals surface area contributed by atoms with Crippen molar-refractivity contribution in [3.05, 3.63) is 0 Å². The number of carbonyl (C=O) groups is 1. The van der Waals surface area contributed by atoms with Gasteiger partial charge in [-0.05, 0) is 25.3 Å². The third-order valence-corrected chi connectivity index (χ3v) is 2.88. The van der Waals surface area contributed by atoms with Crippen molar-refractivity contribution >= 4 is 5.91 Å². The summed E-state index contributed by atoms with van der Waals surface area (Å²) in [4.78, 5) is 11.6. The Balaban J connectivity index is 3.88. The highest BCUT2D eigenvalue weighted by Gasteiger charge is 2.13. The predicted molar refractivity (Wildman–Crippen MR) is 64.6 cm³/mol. The second-order valence-electron chi connectivity index (χ2n) is 4.18. The molecule has 0 radical (unpaired) electrons. The average molecular weight is 214 g/mol. The molecule has 0 rings (SSSR count). The van der Waals surface area contributed by atoms with Crippen molar-refractivity contribution in [3.8, 4) is 0 Å². The molecule has 0 aromatic rings. The third kappa shape index (κ3) is 6.50. The summed E-state index contributed by atoms with van der Waals surface area (Å²) >= 11 is 0. The van der Waals surface area contributed by atoms with E-state index in [0.717, 1.165) is 25.7 Å². The van der Waals surface area contributed by atoms with Gasteiger partial charge in [0.05, 0.1) is 0 Å².